The van der Waals surface area contributed by atoms with Gasteiger partial charge in [0.2, 0.25) is 5.91 Å². The molecule has 1 aliphatic carbocycles. The van der Waals surface area contributed by atoms with Crippen LogP contribution >= 0.6 is 0 Å². The van der Waals surface area contributed by atoms with E-state index >= 15 is 0 Å². The number of halogens is 1. The number of anilines is 2. The molecule has 0 N–H and O–H groups in total. The molecule has 5 aliphatic heterocycles. The summed E-state index contributed by atoms with van der Waals surface area (Å²) in [4.78, 5) is 36.1. The van der Waals surface area contributed by atoms with E-state index in [1.165, 1.54) is 41.3 Å². The standard InChI is InChI=1S/C32H40FN7O2/c1-2-29(41)39-13-9-26-28(39)19-40(26)30-24-8-12-37(27-16-34-15-21-6-3-4-7-23(21)27)18-25(24)35-31(36-30)42-20-32-10-5-11-38(32)17-22(33)14-32/h2,15-16,22,26,28H,1,3-14,17-20H2/t22-,26-,28-,32+/m1/s1. The van der Waals surface area contributed by atoms with Gasteiger partial charge >= 0.3 is 6.01 Å². The zero-order chi connectivity index (χ0) is 28.4. The predicted octanol–water partition coefficient (Wildman–Crippen LogP) is 3.24. The number of hydrogen-bond donors (Lipinski definition) is 0. The first-order chi connectivity index (χ1) is 20.5. The molecule has 6 aliphatic rings. The maximum atomic E-state index is 14.4. The first-order valence-corrected chi connectivity index (χ1v) is 15.8. The van der Waals surface area contributed by atoms with Gasteiger partial charge in [-0.15, -0.1) is 0 Å². The molecule has 2 aromatic heterocycles. The summed E-state index contributed by atoms with van der Waals surface area (Å²) in [6.07, 6.45) is 13.7. The Morgan fingerprint density at radius 2 is 1.98 bits per heavy atom. The topological polar surface area (TPSA) is 77.9 Å². The second-order valence-corrected chi connectivity index (χ2v) is 13.1. The minimum Gasteiger partial charge on any atom is -0.461 e. The van der Waals surface area contributed by atoms with Crippen LogP contribution in [0.5, 0.6) is 6.01 Å². The number of ether oxygens (including phenoxy) is 1. The number of carbonyl (C=O) groups is 1. The average Bonchev–Trinajstić information content (AvgIpc) is 3.64. The van der Waals surface area contributed by atoms with Crippen LogP contribution in [0.15, 0.2) is 25.0 Å². The molecule has 222 valence electrons. The molecule has 1 amide bonds. The van der Waals surface area contributed by atoms with E-state index in [9.17, 15) is 9.18 Å². The fraction of sp³-hybridized carbons (Fsp3) is 0.625. The van der Waals surface area contributed by atoms with Crippen LogP contribution in [-0.4, -0.2) is 93.8 Å². The van der Waals surface area contributed by atoms with Crippen LogP contribution in [0, 0.1) is 0 Å². The fourth-order valence-electron chi connectivity index (χ4n) is 8.71. The number of alkyl halides is 1. The van der Waals surface area contributed by atoms with Gasteiger partial charge in [-0.1, -0.05) is 6.58 Å². The van der Waals surface area contributed by atoms with Crippen molar-refractivity contribution in [3.05, 3.63) is 47.4 Å². The molecule has 2 aromatic rings. The molecule has 4 atom stereocenters. The van der Waals surface area contributed by atoms with Gasteiger partial charge in [0.25, 0.3) is 0 Å². The highest BCUT2D eigenvalue weighted by atomic mass is 19.1. The molecule has 0 aromatic carbocycles. The minimum absolute atomic E-state index is 0.00874. The van der Waals surface area contributed by atoms with Gasteiger partial charge in [-0.2, -0.15) is 9.97 Å². The molecule has 0 saturated carbocycles. The second kappa shape index (κ2) is 10.2. The number of nitrogens with zero attached hydrogens (tertiary/aromatic N) is 7. The van der Waals surface area contributed by atoms with Gasteiger partial charge in [-0.3, -0.25) is 14.7 Å². The molecule has 9 nitrogen and oxygen atoms in total. The zero-order valence-electron chi connectivity index (χ0n) is 24.3. The maximum Gasteiger partial charge on any atom is 0.318 e. The van der Waals surface area contributed by atoms with Crippen molar-refractivity contribution in [2.24, 2.45) is 0 Å². The smallest absolute Gasteiger partial charge is 0.318 e. The predicted molar refractivity (Wildman–Crippen MR) is 158 cm³/mol. The first kappa shape index (κ1) is 26.4. The second-order valence-electron chi connectivity index (χ2n) is 13.1. The lowest BCUT2D eigenvalue weighted by Gasteiger charge is -2.48. The summed E-state index contributed by atoms with van der Waals surface area (Å²) in [6.45, 7) is 8.62. The molecule has 0 unspecified atom stereocenters. The first-order valence-electron chi connectivity index (χ1n) is 15.8. The van der Waals surface area contributed by atoms with Gasteiger partial charge in [0.05, 0.1) is 41.7 Å². The molecule has 4 fully saturated rings. The van der Waals surface area contributed by atoms with Crippen molar-refractivity contribution in [2.45, 2.75) is 88.1 Å². The minimum atomic E-state index is -0.797. The average molecular weight is 574 g/mol. The van der Waals surface area contributed by atoms with Crippen LogP contribution in [0.3, 0.4) is 0 Å². The van der Waals surface area contributed by atoms with Crippen molar-refractivity contribution in [1.82, 2.24) is 24.8 Å². The lowest BCUT2D eigenvalue weighted by atomic mass is 9.91. The summed E-state index contributed by atoms with van der Waals surface area (Å²) in [5.41, 5.74) is 6.00. The van der Waals surface area contributed by atoms with E-state index in [0.717, 1.165) is 76.2 Å². The third-order valence-electron chi connectivity index (χ3n) is 10.9. The molecule has 10 heteroatoms. The summed E-state index contributed by atoms with van der Waals surface area (Å²) in [7, 11) is 0. The number of likely N-dealkylation sites (tertiary alicyclic amines) is 1. The number of carbonyl (C=O) groups excluding carboxylic acids is 1. The Hall–Kier alpha value is -3.27. The van der Waals surface area contributed by atoms with Crippen LogP contribution in [0.25, 0.3) is 0 Å². The van der Waals surface area contributed by atoms with Crippen molar-refractivity contribution in [2.75, 3.05) is 49.1 Å². The number of fused-ring (bicyclic) bond motifs is 4. The van der Waals surface area contributed by atoms with Crippen LogP contribution in [0.2, 0.25) is 0 Å². The van der Waals surface area contributed by atoms with Crippen LogP contribution < -0.4 is 14.5 Å². The van der Waals surface area contributed by atoms with Gasteiger partial charge in [0, 0.05) is 44.4 Å². The number of hydrogen-bond acceptors (Lipinski definition) is 8. The molecular weight excluding hydrogens is 533 g/mol. The van der Waals surface area contributed by atoms with Crippen molar-refractivity contribution < 1.29 is 13.9 Å². The fourth-order valence-corrected chi connectivity index (χ4v) is 8.71. The maximum absolute atomic E-state index is 14.4. The van der Waals surface area contributed by atoms with E-state index < -0.39 is 6.17 Å². The summed E-state index contributed by atoms with van der Waals surface area (Å²) < 4.78 is 20.9. The molecule has 4 saturated heterocycles. The van der Waals surface area contributed by atoms with Gasteiger partial charge in [-0.25, -0.2) is 4.39 Å². The normalized spacial score (nSPS) is 29.9. The van der Waals surface area contributed by atoms with Gasteiger partial charge in [0.15, 0.2) is 0 Å². The summed E-state index contributed by atoms with van der Waals surface area (Å²) in [5.74, 6) is 0.960. The Morgan fingerprint density at radius 1 is 1.07 bits per heavy atom. The van der Waals surface area contributed by atoms with Crippen LogP contribution in [0.4, 0.5) is 15.9 Å². The number of aryl methyl sites for hydroxylation is 1. The summed E-state index contributed by atoms with van der Waals surface area (Å²) in [6, 6.07) is 0.830. The third kappa shape index (κ3) is 4.19. The largest absolute Gasteiger partial charge is 0.461 e. The van der Waals surface area contributed by atoms with E-state index in [4.69, 9.17) is 14.7 Å². The molecule has 0 bridgehead atoms. The van der Waals surface area contributed by atoms with E-state index in [-0.39, 0.29) is 23.5 Å². The van der Waals surface area contributed by atoms with Crippen LogP contribution in [-0.2, 0) is 30.6 Å². The number of pyridine rings is 1. The third-order valence-corrected chi connectivity index (χ3v) is 10.9. The molecule has 8 rings (SSSR count). The lowest BCUT2D eigenvalue weighted by molar-refractivity contribution is -0.127. The SMILES string of the molecule is C=CC(=O)N1CC[C@@H]2[C@H]1CN2c1nc(OC[C@@]23CCCN2C[C@H](F)C3)nc2c1CCN(c1cncc3c1CCCC3)C2. The molecular formula is C32H40FN7O2. The highest BCUT2D eigenvalue weighted by Gasteiger charge is 2.51. The highest BCUT2D eigenvalue weighted by molar-refractivity contribution is 5.88. The Kier molecular flexibility index (Phi) is 6.39. The van der Waals surface area contributed by atoms with Gasteiger partial charge in [0.1, 0.15) is 18.6 Å². The summed E-state index contributed by atoms with van der Waals surface area (Å²) >= 11 is 0. The quantitative estimate of drug-likeness (QED) is 0.488. The molecule has 7 heterocycles. The number of aromatic nitrogens is 3. The molecule has 0 radical (unpaired) electrons. The molecule has 42 heavy (non-hydrogen) atoms. The Balaban J connectivity index is 1.11. The van der Waals surface area contributed by atoms with E-state index in [1.807, 2.05) is 17.3 Å². The number of amides is 1. The van der Waals surface area contributed by atoms with E-state index in [2.05, 4.69) is 26.3 Å². The van der Waals surface area contributed by atoms with Crippen molar-refractivity contribution in [3.8, 4) is 6.01 Å². The number of rotatable bonds is 6. The Morgan fingerprint density at radius 3 is 2.88 bits per heavy atom. The van der Waals surface area contributed by atoms with E-state index in [0.29, 0.717) is 32.1 Å². The monoisotopic (exact) mass is 573 g/mol. The van der Waals surface area contributed by atoms with Gasteiger partial charge in [-0.05, 0) is 75.1 Å². The highest BCUT2D eigenvalue weighted by Crippen LogP contribution is 2.43. The van der Waals surface area contributed by atoms with Crippen molar-refractivity contribution in [3.63, 3.8) is 0 Å². The van der Waals surface area contributed by atoms with Gasteiger partial charge < -0.3 is 19.4 Å². The Bertz CT molecular complexity index is 1420. The zero-order valence-corrected chi connectivity index (χ0v) is 24.3. The van der Waals surface area contributed by atoms with Crippen molar-refractivity contribution in [1.29, 1.82) is 0 Å². The lowest BCUT2D eigenvalue weighted by Crippen LogP contribution is -2.63. The van der Waals surface area contributed by atoms with Crippen molar-refractivity contribution >= 4 is 17.4 Å². The molecule has 0 spiro atoms. The Labute approximate surface area is 246 Å². The summed E-state index contributed by atoms with van der Waals surface area (Å²) in [5, 5.41) is 0. The van der Waals surface area contributed by atoms with E-state index in [1.54, 1.807) is 0 Å². The van der Waals surface area contributed by atoms with Crippen LogP contribution in [0.1, 0.15) is 60.9 Å².